The first kappa shape index (κ1) is 18.9. The van der Waals surface area contributed by atoms with Crippen LogP contribution in [0, 0.1) is 5.92 Å². The number of nitrogens with zero attached hydrogens (tertiary/aromatic N) is 1. The number of hydrogen-bond donors (Lipinski definition) is 2. The Kier molecular flexibility index (Phi) is 7.28. The summed E-state index contributed by atoms with van der Waals surface area (Å²) in [5.41, 5.74) is 5.45. The molecule has 6 nitrogen and oxygen atoms in total. The van der Waals surface area contributed by atoms with Crippen molar-refractivity contribution in [1.82, 2.24) is 4.31 Å². The summed E-state index contributed by atoms with van der Waals surface area (Å²) in [4.78, 5) is 0. The van der Waals surface area contributed by atoms with Crippen LogP contribution >= 0.6 is 0 Å². The van der Waals surface area contributed by atoms with E-state index < -0.39 is 28.1 Å². The Balaban J connectivity index is 2.86. The van der Waals surface area contributed by atoms with Crippen LogP contribution in [0.15, 0.2) is 30.3 Å². The highest BCUT2D eigenvalue weighted by Crippen LogP contribution is 2.16. The lowest BCUT2D eigenvalue weighted by Gasteiger charge is -2.32. The maximum Gasteiger partial charge on any atom is 0.249 e. The molecule has 0 aliphatic heterocycles. The molecule has 7 heteroatoms. The highest BCUT2D eigenvalue weighted by molar-refractivity contribution is 7.88. The summed E-state index contributed by atoms with van der Waals surface area (Å²) in [6, 6.07) is 8.16. The Morgan fingerprint density at radius 3 is 2.32 bits per heavy atom. The molecule has 22 heavy (non-hydrogen) atoms. The summed E-state index contributed by atoms with van der Waals surface area (Å²) in [5, 5.41) is 9.89. The van der Waals surface area contributed by atoms with Gasteiger partial charge in [0.25, 0.3) is 0 Å². The van der Waals surface area contributed by atoms with Gasteiger partial charge in [0.15, 0.2) is 0 Å². The van der Waals surface area contributed by atoms with Crippen molar-refractivity contribution in [2.24, 2.45) is 11.7 Å². The van der Waals surface area contributed by atoms with Crippen molar-refractivity contribution >= 4 is 10.0 Å². The second-order valence-corrected chi connectivity index (χ2v) is 7.56. The van der Waals surface area contributed by atoms with Gasteiger partial charge in [-0.1, -0.05) is 32.0 Å². The number of hydrogen-bond acceptors (Lipinski definition) is 5. The van der Waals surface area contributed by atoms with Crippen LogP contribution in [0.5, 0.6) is 5.75 Å². The molecule has 3 N–H and O–H groups in total. The molecule has 1 rings (SSSR count). The van der Waals surface area contributed by atoms with Crippen molar-refractivity contribution in [3.63, 3.8) is 0 Å². The zero-order valence-corrected chi connectivity index (χ0v) is 14.2. The van der Waals surface area contributed by atoms with E-state index in [-0.39, 0.29) is 12.5 Å². The Bertz CT molecular complexity index is 534. The fraction of sp³-hybridized carbons (Fsp3) is 0.600. The first-order valence-corrected chi connectivity index (χ1v) is 8.94. The average Bonchev–Trinajstić information content (AvgIpc) is 2.50. The first-order chi connectivity index (χ1) is 10.3. The first-order valence-electron chi connectivity index (χ1n) is 7.33. The fourth-order valence-corrected chi connectivity index (χ4v) is 3.60. The van der Waals surface area contributed by atoms with Crippen molar-refractivity contribution in [1.29, 1.82) is 0 Å². The summed E-state index contributed by atoms with van der Waals surface area (Å²) < 4.78 is 31.7. The largest absolute Gasteiger partial charge is 0.476 e. The Hall–Kier alpha value is -1.15. The number of aliphatic hydroxyl groups is 1. The minimum Gasteiger partial charge on any atom is -0.476 e. The van der Waals surface area contributed by atoms with Crippen LogP contribution in [-0.2, 0) is 10.0 Å². The van der Waals surface area contributed by atoms with E-state index in [9.17, 15) is 13.5 Å². The number of para-hydroxylation sites is 1. The minimum absolute atomic E-state index is 0.00479. The minimum atomic E-state index is -3.67. The van der Waals surface area contributed by atoms with Gasteiger partial charge in [0.1, 0.15) is 5.75 Å². The predicted molar refractivity (Wildman–Crippen MR) is 86.9 cm³/mol. The highest BCUT2D eigenvalue weighted by Gasteiger charge is 2.32. The third-order valence-electron chi connectivity index (χ3n) is 3.27. The van der Waals surface area contributed by atoms with Gasteiger partial charge in [0, 0.05) is 19.1 Å². The zero-order valence-electron chi connectivity index (χ0n) is 13.3. The van der Waals surface area contributed by atoms with E-state index >= 15 is 0 Å². The van der Waals surface area contributed by atoms with Gasteiger partial charge in [0.05, 0.1) is 6.10 Å². The van der Waals surface area contributed by atoms with E-state index in [2.05, 4.69) is 0 Å². The number of benzene rings is 1. The molecule has 0 saturated heterocycles. The molecule has 0 radical (unpaired) electrons. The molecule has 2 atom stereocenters. The molecule has 0 aliphatic rings. The molecule has 1 aromatic rings. The Morgan fingerprint density at radius 2 is 1.82 bits per heavy atom. The van der Waals surface area contributed by atoms with Crippen molar-refractivity contribution in [3.05, 3.63) is 30.3 Å². The molecule has 0 amide bonds. The van der Waals surface area contributed by atoms with Crippen LogP contribution in [-0.4, -0.2) is 49.0 Å². The second-order valence-electron chi connectivity index (χ2n) is 5.69. The molecule has 1 aromatic carbocycles. The van der Waals surface area contributed by atoms with Crippen LogP contribution in [0.2, 0.25) is 0 Å². The SMILES string of the molecule is CC(C)CN(C(C)C(O)CN)S(=O)(=O)COc1ccccc1. The summed E-state index contributed by atoms with van der Waals surface area (Å²) in [6.07, 6.45) is -0.912. The van der Waals surface area contributed by atoms with E-state index in [1.807, 2.05) is 19.9 Å². The van der Waals surface area contributed by atoms with Crippen LogP contribution in [0.1, 0.15) is 20.8 Å². The van der Waals surface area contributed by atoms with Crippen LogP contribution in [0.25, 0.3) is 0 Å². The maximum atomic E-state index is 12.6. The lowest BCUT2D eigenvalue weighted by molar-refractivity contribution is 0.0995. The van der Waals surface area contributed by atoms with Crippen molar-refractivity contribution in [2.75, 3.05) is 19.0 Å². The molecule has 0 aliphatic carbocycles. The van der Waals surface area contributed by atoms with Gasteiger partial charge in [-0.05, 0) is 25.0 Å². The standard InChI is InChI=1S/C15H26N2O4S/c1-12(2)10-17(13(3)15(18)9-16)22(19,20)11-21-14-7-5-4-6-8-14/h4-8,12-13,15,18H,9-11,16H2,1-3H3. The van der Waals surface area contributed by atoms with E-state index in [1.165, 1.54) is 4.31 Å². The number of rotatable bonds is 9. The number of ether oxygens (including phenoxy) is 1. The highest BCUT2D eigenvalue weighted by atomic mass is 32.2. The van der Waals surface area contributed by atoms with Gasteiger partial charge in [-0.15, -0.1) is 0 Å². The summed E-state index contributed by atoms with van der Waals surface area (Å²) in [7, 11) is -3.67. The fourth-order valence-electron chi connectivity index (χ4n) is 2.01. The van der Waals surface area contributed by atoms with Gasteiger partial charge in [-0.3, -0.25) is 0 Å². The quantitative estimate of drug-likeness (QED) is 0.705. The number of nitrogens with two attached hydrogens (primary N) is 1. The molecule has 0 bridgehead atoms. The maximum absolute atomic E-state index is 12.6. The Morgan fingerprint density at radius 1 is 1.23 bits per heavy atom. The smallest absolute Gasteiger partial charge is 0.249 e. The van der Waals surface area contributed by atoms with E-state index in [0.29, 0.717) is 12.3 Å². The summed E-state index contributed by atoms with van der Waals surface area (Å²) in [5.74, 6) is 0.146. The molecule has 126 valence electrons. The Labute approximate surface area is 132 Å². The van der Waals surface area contributed by atoms with Crippen LogP contribution in [0.3, 0.4) is 0 Å². The molecule has 0 aromatic heterocycles. The molecular weight excluding hydrogens is 304 g/mol. The van der Waals surface area contributed by atoms with Gasteiger partial charge >= 0.3 is 0 Å². The molecule has 0 saturated carbocycles. The van der Waals surface area contributed by atoms with E-state index in [1.54, 1.807) is 31.2 Å². The second kappa shape index (κ2) is 8.47. The lowest BCUT2D eigenvalue weighted by Crippen LogP contribution is -2.50. The molecule has 0 heterocycles. The molecule has 2 unspecified atom stereocenters. The van der Waals surface area contributed by atoms with Crippen molar-refractivity contribution < 1.29 is 18.3 Å². The van der Waals surface area contributed by atoms with Crippen LogP contribution in [0.4, 0.5) is 0 Å². The molecular formula is C15H26N2O4S. The molecule has 0 fully saturated rings. The zero-order chi connectivity index (χ0) is 16.8. The monoisotopic (exact) mass is 330 g/mol. The van der Waals surface area contributed by atoms with Crippen molar-refractivity contribution in [2.45, 2.75) is 32.9 Å². The van der Waals surface area contributed by atoms with Crippen molar-refractivity contribution in [3.8, 4) is 5.75 Å². The van der Waals surface area contributed by atoms with Gasteiger partial charge in [0.2, 0.25) is 16.0 Å². The van der Waals surface area contributed by atoms with E-state index in [4.69, 9.17) is 10.5 Å². The summed E-state index contributed by atoms with van der Waals surface area (Å²) >= 11 is 0. The lowest BCUT2D eigenvalue weighted by atomic mass is 10.1. The average molecular weight is 330 g/mol. The third-order valence-corrected chi connectivity index (χ3v) is 4.88. The normalized spacial score (nSPS) is 15.0. The van der Waals surface area contributed by atoms with Gasteiger partial charge < -0.3 is 15.6 Å². The molecule has 0 spiro atoms. The number of sulfonamides is 1. The topological polar surface area (TPSA) is 92.9 Å². The third kappa shape index (κ3) is 5.57. The summed E-state index contributed by atoms with van der Waals surface area (Å²) in [6.45, 7) is 5.80. The van der Waals surface area contributed by atoms with E-state index in [0.717, 1.165) is 0 Å². The van der Waals surface area contributed by atoms with Gasteiger partial charge in [-0.25, -0.2) is 8.42 Å². The predicted octanol–water partition coefficient (Wildman–Crippen LogP) is 1.02. The van der Waals surface area contributed by atoms with Crippen LogP contribution < -0.4 is 10.5 Å². The van der Waals surface area contributed by atoms with Gasteiger partial charge in [-0.2, -0.15) is 4.31 Å². The number of aliphatic hydroxyl groups excluding tert-OH is 1.